The topological polar surface area (TPSA) is 79.8 Å². The molecule has 3 heterocycles. The number of anilines is 1. The minimum Gasteiger partial charge on any atom is -0.361 e. The van der Waals surface area contributed by atoms with Crippen molar-refractivity contribution in [2.24, 2.45) is 0 Å². The molecule has 9 heteroatoms. The zero-order valence-electron chi connectivity index (χ0n) is 11.2. The molecular weight excluding hydrogens is 344 g/mol. The first kappa shape index (κ1) is 14.0. The molecule has 0 bridgehead atoms. The van der Waals surface area contributed by atoms with Gasteiger partial charge in [0, 0.05) is 35.1 Å². The van der Waals surface area contributed by atoms with Gasteiger partial charge in [-0.1, -0.05) is 23.4 Å². The van der Waals surface area contributed by atoms with Gasteiger partial charge < -0.3 is 9.55 Å². The number of hydrogen-bond acceptors (Lipinski definition) is 4. The van der Waals surface area contributed by atoms with Crippen molar-refractivity contribution >= 4 is 50.0 Å². The fourth-order valence-corrected chi connectivity index (χ4v) is 5.32. The highest BCUT2D eigenvalue weighted by Crippen LogP contribution is 2.34. The maximum atomic E-state index is 12.6. The number of halogens is 1. The molecule has 1 aliphatic heterocycles. The van der Waals surface area contributed by atoms with Crippen LogP contribution in [-0.4, -0.2) is 28.7 Å². The summed E-state index contributed by atoms with van der Waals surface area (Å²) in [4.78, 5) is 7.17. The summed E-state index contributed by atoms with van der Waals surface area (Å²) in [5.74, 6) is 0.803. The smallest absolute Gasteiger partial charge is 0.280 e. The second-order valence-electron chi connectivity index (χ2n) is 4.88. The second-order valence-corrected chi connectivity index (χ2v) is 7.89. The van der Waals surface area contributed by atoms with E-state index in [1.807, 2.05) is 12.1 Å². The summed E-state index contributed by atoms with van der Waals surface area (Å²) < 4.78 is 29.5. The summed E-state index contributed by atoms with van der Waals surface area (Å²) in [7, 11) is -3.78. The molecule has 114 valence electrons. The molecule has 0 spiro atoms. The normalized spacial score (nSPS) is 14.4. The van der Waals surface area contributed by atoms with Crippen LogP contribution in [0.15, 0.2) is 40.6 Å². The lowest BCUT2D eigenvalue weighted by atomic mass is 10.2. The van der Waals surface area contributed by atoms with Gasteiger partial charge in [0.15, 0.2) is 15.3 Å². The van der Waals surface area contributed by atoms with Gasteiger partial charge in [-0.3, -0.25) is 4.72 Å². The van der Waals surface area contributed by atoms with E-state index in [-0.39, 0.29) is 10.2 Å². The van der Waals surface area contributed by atoms with Gasteiger partial charge in [-0.25, -0.2) is 4.98 Å². The number of rotatable bonds is 3. The predicted octanol–water partition coefficient (Wildman–Crippen LogP) is 2.92. The van der Waals surface area contributed by atoms with Gasteiger partial charge in [0.25, 0.3) is 10.0 Å². The highest BCUT2D eigenvalue weighted by Gasteiger charge is 2.30. The van der Waals surface area contributed by atoms with Gasteiger partial charge in [0.2, 0.25) is 0 Å². The van der Waals surface area contributed by atoms with Crippen molar-refractivity contribution in [1.29, 1.82) is 0 Å². The molecule has 0 amide bonds. The van der Waals surface area contributed by atoms with Gasteiger partial charge in [0.05, 0.1) is 0 Å². The number of sulfonamides is 1. The third-order valence-corrected chi connectivity index (χ3v) is 6.21. The second kappa shape index (κ2) is 4.94. The Kier molecular flexibility index (Phi) is 3.14. The van der Waals surface area contributed by atoms with E-state index < -0.39 is 10.0 Å². The van der Waals surface area contributed by atoms with Gasteiger partial charge in [-0.15, -0.1) is 0 Å². The van der Waals surface area contributed by atoms with Gasteiger partial charge in [-0.05, 0) is 24.3 Å². The summed E-state index contributed by atoms with van der Waals surface area (Å²) in [5, 5.41) is 1.62. The molecule has 2 N–H and O–H groups in total. The van der Waals surface area contributed by atoms with Crippen molar-refractivity contribution in [2.75, 3.05) is 10.5 Å². The maximum absolute atomic E-state index is 12.6. The van der Waals surface area contributed by atoms with Crippen LogP contribution in [0.2, 0.25) is 5.15 Å². The summed E-state index contributed by atoms with van der Waals surface area (Å²) >= 11 is 7.52. The van der Waals surface area contributed by atoms with Gasteiger partial charge in [-0.2, -0.15) is 8.42 Å². The SMILES string of the molecule is O=S(=O)(Nc1ccc2[nH]ccc2c1)c1c(Cl)nc2n1CCS2. The van der Waals surface area contributed by atoms with Crippen LogP contribution in [0.5, 0.6) is 0 Å². The highest BCUT2D eigenvalue weighted by molar-refractivity contribution is 7.99. The van der Waals surface area contributed by atoms with Crippen molar-refractivity contribution in [3.63, 3.8) is 0 Å². The Hall–Kier alpha value is -1.64. The monoisotopic (exact) mass is 354 g/mol. The van der Waals surface area contributed by atoms with E-state index in [1.54, 1.807) is 22.9 Å². The quantitative estimate of drug-likeness (QED) is 0.757. The van der Waals surface area contributed by atoms with E-state index >= 15 is 0 Å². The number of thioether (sulfide) groups is 1. The van der Waals surface area contributed by atoms with E-state index in [4.69, 9.17) is 11.6 Å². The number of hydrogen-bond donors (Lipinski definition) is 2. The van der Waals surface area contributed by atoms with E-state index in [0.717, 1.165) is 16.7 Å². The first-order valence-corrected chi connectivity index (χ1v) is 9.38. The number of benzene rings is 1. The third kappa shape index (κ3) is 2.18. The summed E-state index contributed by atoms with van der Waals surface area (Å²) in [6, 6.07) is 7.19. The first-order chi connectivity index (χ1) is 10.5. The van der Waals surface area contributed by atoms with Crippen molar-refractivity contribution < 1.29 is 8.42 Å². The van der Waals surface area contributed by atoms with E-state index in [2.05, 4.69) is 14.7 Å². The number of nitrogens with zero attached hydrogens (tertiary/aromatic N) is 2. The van der Waals surface area contributed by atoms with Crippen LogP contribution in [-0.2, 0) is 16.6 Å². The molecule has 0 unspecified atom stereocenters. The van der Waals surface area contributed by atoms with Crippen LogP contribution in [0.4, 0.5) is 5.69 Å². The van der Waals surface area contributed by atoms with Gasteiger partial charge >= 0.3 is 0 Å². The molecule has 1 aliphatic rings. The molecule has 1 aromatic carbocycles. The average Bonchev–Trinajstić information content (AvgIpc) is 3.11. The number of aromatic amines is 1. The molecule has 0 saturated carbocycles. The Morgan fingerprint density at radius 1 is 1.36 bits per heavy atom. The molecule has 0 aliphatic carbocycles. The lowest BCUT2D eigenvalue weighted by Gasteiger charge is -2.09. The Balaban J connectivity index is 1.75. The molecule has 3 aromatic rings. The van der Waals surface area contributed by atoms with Crippen molar-refractivity contribution in [3.8, 4) is 0 Å². The third-order valence-electron chi connectivity index (χ3n) is 3.45. The van der Waals surface area contributed by atoms with Gasteiger partial charge in [0.1, 0.15) is 0 Å². The Bertz CT molecular complexity index is 977. The molecule has 0 saturated heterocycles. The van der Waals surface area contributed by atoms with Crippen LogP contribution in [0, 0.1) is 0 Å². The maximum Gasteiger partial charge on any atom is 0.280 e. The van der Waals surface area contributed by atoms with Crippen molar-refractivity contribution in [1.82, 2.24) is 14.5 Å². The highest BCUT2D eigenvalue weighted by atomic mass is 35.5. The van der Waals surface area contributed by atoms with Crippen LogP contribution in [0.3, 0.4) is 0 Å². The minimum atomic E-state index is -3.78. The number of H-pyrrole nitrogens is 1. The van der Waals surface area contributed by atoms with Crippen LogP contribution < -0.4 is 4.72 Å². The molecule has 22 heavy (non-hydrogen) atoms. The number of nitrogens with one attached hydrogen (secondary N) is 2. The molecule has 0 radical (unpaired) electrons. The minimum absolute atomic E-state index is 0.0115. The van der Waals surface area contributed by atoms with Crippen LogP contribution >= 0.6 is 23.4 Å². The summed E-state index contributed by atoms with van der Waals surface area (Å²) in [6.45, 7) is 0.590. The molecule has 2 aromatic heterocycles. The predicted molar refractivity (Wildman–Crippen MR) is 87.1 cm³/mol. The standard InChI is InChI=1S/C13H11ClN4O2S2/c14-11-12(18-5-6-21-13(18)16-11)22(19,20)17-9-1-2-10-8(7-9)3-4-15-10/h1-4,7,15,17H,5-6H2. The van der Waals surface area contributed by atoms with E-state index in [1.165, 1.54) is 11.8 Å². The fourth-order valence-electron chi connectivity index (χ4n) is 2.50. The lowest BCUT2D eigenvalue weighted by Crippen LogP contribution is -2.17. The molecule has 6 nitrogen and oxygen atoms in total. The Labute approximate surface area is 135 Å². The first-order valence-electron chi connectivity index (χ1n) is 6.53. The summed E-state index contributed by atoms with van der Waals surface area (Å²) in [5.41, 5.74) is 1.44. The fraction of sp³-hybridized carbons (Fsp3) is 0.154. The van der Waals surface area contributed by atoms with Crippen LogP contribution in [0.1, 0.15) is 0 Å². The molecule has 0 atom stereocenters. The Morgan fingerprint density at radius 3 is 3.09 bits per heavy atom. The Morgan fingerprint density at radius 2 is 2.23 bits per heavy atom. The number of imidazole rings is 1. The zero-order valence-corrected chi connectivity index (χ0v) is 13.6. The van der Waals surface area contributed by atoms with E-state index in [9.17, 15) is 8.42 Å². The van der Waals surface area contributed by atoms with Crippen molar-refractivity contribution in [3.05, 3.63) is 35.6 Å². The lowest BCUT2D eigenvalue weighted by molar-refractivity contribution is 0.577. The average molecular weight is 355 g/mol. The largest absolute Gasteiger partial charge is 0.361 e. The molecule has 0 fully saturated rings. The number of aromatic nitrogens is 3. The van der Waals surface area contributed by atoms with E-state index in [0.29, 0.717) is 17.4 Å². The van der Waals surface area contributed by atoms with Crippen molar-refractivity contribution in [2.45, 2.75) is 16.7 Å². The molecular formula is C13H11ClN4O2S2. The molecule has 4 rings (SSSR count). The van der Waals surface area contributed by atoms with Crippen LogP contribution in [0.25, 0.3) is 10.9 Å². The number of fused-ring (bicyclic) bond motifs is 2. The summed E-state index contributed by atoms with van der Waals surface area (Å²) in [6.07, 6.45) is 1.81. The zero-order chi connectivity index (χ0) is 15.3.